The highest BCUT2D eigenvalue weighted by Gasteiger charge is 2.22. The fourth-order valence-electron chi connectivity index (χ4n) is 4.04. The van der Waals surface area contributed by atoms with Crippen LogP contribution in [0.2, 0.25) is 0 Å². The summed E-state index contributed by atoms with van der Waals surface area (Å²) in [6, 6.07) is 24.9. The summed E-state index contributed by atoms with van der Waals surface area (Å²) < 4.78 is 17.0. The Kier molecular flexibility index (Phi) is 6.61. The minimum atomic E-state index is -0.0563. The smallest absolute Gasteiger partial charge is 0.260 e. The van der Waals surface area contributed by atoms with Gasteiger partial charge in [-0.3, -0.25) is 4.79 Å². The van der Waals surface area contributed by atoms with Crippen LogP contribution < -0.4 is 14.4 Å². The van der Waals surface area contributed by atoms with Crippen molar-refractivity contribution in [2.45, 2.75) is 0 Å². The zero-order valence-corrected chi connectivity index (χ0v) is 19.5. The first-order valence-electron chi connectivity index (χ1n) is 11.5. The highest BCUT2D eigenvalue weighted by Crippen LogP contribution is 2.31. The number of para-hydroxylation sites is 1. The molecule has 1 fully saturated rings. The topological polar surface area (TPSA) is 80.9 Å². The number of aromatic nitrogens is 2. The van der Waals surface area contributed by atoms with Gasteiger partial charge in [-0.2, -0.15) is 0 Å². The molecule has 0 atom stereocenters. The molecule has 2 heterocycles. The van der Waals surface area contributed by atoms with Crippen molar-refractivity contribution >= 4 is 11.6 Å². The summed E-state index contributed by atoms with van der Waals surface area (Å²) in [5.41, 5.74) is 2.62. The summed E-state index contributed by atoms with van der Waals surface area (Å²) >= 11 is 0. The standard InChI is InChI=1S/C27H26N4O4/c1-33-22-13-11-21(12-14-22)30-15-17-31(18-16-30)25(32)19-34-24-10-6-5-9-23(24)27-29-28-26(35-27)20-7-3-2-4-8-20/h2-14H,15-19H2,1H3. The van der Waals surface area contributed by atoms with Crippen molar-refractivity contribution in [3.05, 3.63) is 78.9 Å². The first-order chi connectivity index (χ1) is 17.2. The SMILES string of the molecule is COc1ccc(N2CCN(C(=O)COc3ccccc3-c3nnc(-c4ccccc4)o3)CC2)cc1. The van der Waals surface area contributed by atoms with E-state index in [2.05, 4.69) is 15.1 Å². The fourth-order valence-corrected chi connectivity index (χ4v) is 4.04. The minimum absolute atomic E-state index is 0.0512. The second-order valence-corrected chi connectivity index (χ2v) is 8.13. The Balaban J connectivity index is 1.19. The minimum Gasteiger partial charge on any atom is -0.497 e. The second kappa shape index (κ2) is 10.3. The zero-order valence-electron chi connectivity index (χ0n) is 19.5. The van der Waals surface area contributed by atoms with Crippen molar-refractivity contribution in [1.29, 1.82) is 0 Å². The Morgan fingerprint density at radius 2 is 1.54 bits per heavy atom. The van der Waals surface area contributed by atoms with E-state index in [0.717, 1.165) is 30.1 Å². The second-order valence-electron chi connectivity index (χ2n) is 8.13. The van der Waals surface area contributed by atoms with E-state index in [1.54, 1.807) is 13.2 Å². The summed E-state index contributed by atoms with van der Waals surface area (Å²) in [5, 5.41) is 8.34. The number of benzene rings is 3. The van der Waals surface area contributed by atoms with Crippen LogP contribution in [0, 0.1) is 0 Å². The number of nitrogens with zero attached hydrogens (tertiary/aromatic N) is 4. The summed E-state index contributed by atoms with van der Waals surface area (Å²) in [4.78, 5) is 16.9. The molecule has 0 radical (unpaired) electrons. The Morgan fingerprint density at radius 1 is 0.857 bits per heavy atom. The maximum atomic E-state index is 12.8. The molecule has 8 nitrogen and oxygen atoms in total. The molecule has 1 amide bonds. The predicted molar refractivity (Wildman–Crippen MR) is 132 cm³/mol. The lowest BCUT2D eigenvalue weighted by Gasteiger charge is -2.36. The Labute approximate surface area is 203 Å². The number of ether oxygens (including phenoxy) is 2. The average molecular weight is 471 g/mol. The molecule has 0 aliphatic carbocycles. The molecule has 178 valence electrons. The summed E-state index contributed by atoms with van der Waals surface area (Å²) in [6.45, 7) is 2.75. The molecule has 1 aromatic heterocycles. The summed E-state index contributed by atoms with van der Waals surface area (Å²) in [6.07, 6.45) is 0. The molecule has 1 saturated heterocycles. The van der Waals surface area contributed by atoms with E-state index in [1.807, 2.05) is 77.7 Å². The predicted octanol–water partition coefficient (Wildman–Crippen LogP) is 4.14. The number of piperazine rings is 1. The zero-order chi connectivity index (χ0) is 24.0. The number of carbonyl (C=O) groups is 1. The molecule has 0 N–H and O–H groups in total. The third-order valence-electron chi connectivity index (χ3n) is 5.98. The van der Waals surface area contributed by atoms with Gasteiger partial charge in [0.2, 0.25) is 5.89 Å². The first kappa shape index (κ1) is 22.5. The van der Waals surface area contributed by atoms with E-state index in [-0.39, 0.29) is 12.5 Å². The summed E-state index contributed by atoms with van der Waals surface area (Å²) in [5.74, 6) is 2.09. The molecule has 4 aromatic rings. The van der Waals surface area contributed by atoms with Crippen LogP contribution in [0.3, 0.4) is 0 Å². The van der Waals surface area contributed by atoms with Crippen molar-refractivity contribution in [3.63, 3.8) is 0 Å². The number of hydrogen-bond donors (Lipinski definition) is 0. The number of anilines is 1. The number of rotatable bonds is 7. The van der Waals surface area contributed by atoms with Gasteiger partial charge in [0.25, 0.3) is 11.8 Å². The highest BCUT2D eigenvalue weighted by molar-refractivity contribution is 5.78. The third kappa shape index (κ3) is 5.11. The van der Waals surface area contributed by atoms with Crippen molar-refractivity contribution in [3.8, 4) is 34.4 Å². The van der Waals surface area contributed by atoms with Crippen LogP contribution in [0.5, 0.6) is 11.5 Å². The number of carbonyl (C=O) groups excluding carboxylic acids is 1. The van der Waals surface area contributed by atoms with Crippen LogP contribution in [-0.4, -0.2) is 60.9 Å². The van der Waals surface area contributed by atoms with Gasteiger partial charge in [-0.05, 0) is 48.5 Å². The van der Waals surface area contributed by atoms with E-state index in [0.29, 0.717) is 36.2 Å². The van der Waals surface area contributed by atoms with E-state index < -0.39 is 0 Å². The molecule has 0 spiro atoms. The van der Waals surface area contributed by atoms with Crippen LogP contribution in [0.4, 0.5) is 5.69 Å². The molecule has 0 bridgehead atoms. The van der Waals surface area contributed by atoms with Crippen molar-refractivity contribution in [1.82, 2.24) is 15.1 Å². The molecule has 8 heteroatoms. The molecule has 3 aromatic carbocycles. The number of methoxy groups -OCH3 is 1. The van der Waals surface area contributed by atoms with E-state index in [1.165, 1.54) is 0 Å². The number of amides is 1. The first-order valence-corrected chi connectivity index (χ1v) is 11.5. The molecule has 5 rings (SSSR count). The van der Waals surface area contributed by atoms with Crippen LogP contribution in [0.1, 0.15) is 0 Å². The lowest BCUT2D eigenvalue weighted by Crippen LogP contribution is -2.50. The molecule has 0 saturated carbocycles. The molecular formula is C27H26N4O4. The van der Waals surface area contributed by atoms with Gasteiger partial charge in [-0.1, -0.05) is 30.3 Å². The van der Waals surface area contributed by atoms with Crippen LogP contribution in [-0.2, 0) is 4.79 Å². The molecule has 0 unspecified atom stereocenters. The lowest BCUT2D eigenvalue weighted by molar-refractivity contribution is -0.133. The Bertz CT molecular complexity index is 1270. The van der Waals surface area contributed by atoms with Crippen LogP contribution in [0.15, 0.2) is 83.3 Å². The third-order valence-corrected chi connectivity index (χ3v) is 5.98. The largest absolute Gasteiger partial charge is 0.497 e. The maximum Gasteiger partial charge on any atom is 0.260 e. The van der Waals surface area contributed by atoms with Gasteiger partial charge < -0.3 is 23.7 Å². The van der Waals surface area contributed by atoms with Gasteiger partial charge >= 0.3 is 0 Å². The van der Waals surface area contributed by atoms with Crippen LogP contribution >= 0.6 is 0 Å². The number of hydrogen-bond acceptors (Lipinski definition) is 7. The lowest BCUT2D eigenvalue weighted by atomic mass is 10.2. The quantitative estimate of drug-likeness (QED) is 0.402. The van der Waals surface area contributed by atoms with Crippen molar-refractivity contribution in [2.24, 2.45) is 0 Å². The van der Waals surface area contributed by atoms with E-state index in [4.69, 9.17) is 13.9 Å². The fraction of sp³-hybridized carbons (Fsp3) is 0.222. The van der Waals surface area contributed by atoms with Gasteiger partial charge in [0.1, 0.15) is 11.5 Å². The van der Waals surface area contributed by atoms with Crippen LogP contribution in [0.25, 0.3) is 22.9 Å². The molecule has 1 aliphatic rings. The molecular weight excluding hydrogens is 444 g/mol. The Morgan fingerprint density at radius 3 is 2.29 bits per heavy atom. The highest BCUT2D eigenvalue weighted by atomic mass is 16.5. The summed E-state index contributed by atoms with van der Waals surface area (Å²) in [7, 11) is 1.66. The van der Waals surface area contributed by atoms with Crippen molar-refractivity contribution < 1.29 is 18.7 Å². The normalized spacial score (nSPS) is 13.5. The maximum absolute atomic E-state index is 12.8. The van der Waals surface area contributed by atoms with E-state index in [9.17, 15) is 4.79 Å². The molecule has 35 heavy (non-hydrogen) atoms. The van der Waals surface area contributed by atoms with Gasteiger partial charge in [0, 0.05) is 37.4 Å². The van der Waals surface area contributed by atoms with Gasteiger partial charge in [0.15, 0.2) is 6.61 Å². The van der Waals surface area contributed by atoms with Crippen molar-refractivity contribution in [2.75, 3.05) is 44.8 Å². The Hall–Kier alpha value is -4.33. The van der Waals surface area contributed by atoms with Gasteiger partial charge in [0.05, 0.1) is 12.7 Å². The van der Waals surface area contributed by atoms with Gasteiger partial charge in [-0.15, -0.1) is 10.2 Å². The molecule has 1 aliphatic heterocycles. The van der Waals surface area contributed by atoms with E-state index >= 15 is 0 Å². The monoisotopic (exact) mass is 470 g/mol. The van der Waals surface area contributed by atoms with Gasteiger partial charge in [-0.25, -0.2) is 0 Å². The average Bonchev–Trinajstić information content (AvgIpc) is 3.43.